The van der Waals surface area contributed by atoms with Gasteiger partial charge in [-0.15, -0.1) is 0 Å². The van der Waals surface area contributed by atoms with E-state index >= 15 is 0 Å². The van der Waals surface area contributed by atoms with E-state index in [0.29, 0.717) is 32.2 Å². The van der Waals surface area contributed by atoms with Crippen molar-refractivity contribution < 1.29 is 19.4 Å². The number of hydrogen-bond acceptors (Lipinski definition) is 11. The first-order valence-electron chi connectivity index (χ1n) is 12.7. The number of Topliss-reactive ketones (excluding diaryl/α,β-unsaturated/α-hetero) is 1. The van der Waals surface area contributed by atoms with Gasteiger partial charge in [0.1, 0.15) is 11.4 Å². The molecule has 0 atom stereocenters. The van der Waals surface area contributed by atoms with E-state index in [0.717, 1.165) is 40.7 Å². The number of carbonyl (C=O) groups excluding carboxylic acids is 2. The van der Waals surface area contributed by atoms with Gasteiger partial charge in [-0.05, 0) is 56.7 Å². The zero-order valence-electron chi connectivity index (χ0n) is 23.3. The van der Waals surface area contributed by atoms with Crippen molar-refractivity contribution in [2.75, 3.05) is 16.1 Å². The second kappa shape index (κ2) is 13.6. The van der Waals surface area contributed by atoms with Crippen LogP contribution < -0.4 is 16.1 Å². The maximum Gasteiger partial charge on any atom is 0.301 e. The molecular weight excluding hydrogens is 633 g/mol. The number of thiazole rings is 1. The van der Waals surface area contributed by atoms with Gasteiger partial charge < -0.3 is 10.6 Å². The standard InChI is InChI=1S/C28H23Cl2N7O6S/c1-14-4-8-21(15(2)10-14)33-27(39)23(35-34-22-9-6-18(36(40)41)12-24(22)37(42)43)13-25(38)26-16(3)31-28(44-26)32-17-5-7-19(29)20(30)11-17/h4-12,34H,13H2,1-3H3,(H,31,32)(H,33,39)/b35-23-. The Morgan fingerprint density at radius 2 is 1.66 bits per heavy atom. The van der Waals surface area contributed by atoms with Crippen LogP contribution in [0.1, 0.15) is 32.9 Å². The largest absolute Gasteiger partial charge is 0.331 e. The van der Waals surface area contributed by atoms with Crippen molar-refractivity contribution in [2.45, 2.75) is 27.2 Å². The molecule has 4 rings (SSSR count). The molecule has 13 nitrogen and oxygen atoms in total. The molecule has 3 N–H and O–H groups in total. The molecule has 0 aliphatic heterocycles. The number of ketones is 1. The molecule has 0 radical (unpaired) electrons. The Hall–Kier alpha value is -4.92. The second-order valence-electron chi connectivity index (χ2n) is 9.45. The SMILES string of the molecule is Cc1ccc(NC(=O)/C(CC(=O)c2sc(Nc3ccc(Cl)c(Cl)c3)nc2C)=N\Nc2ccc([N+](=O)[O-])cc2[N+](=O)[O-])c(C)c1. The van der Waals surface area contributed by atoms with Gasteiger partial charge in [0, 0.05) is 17.4 Å². The van der Waals surface area contributed by atoms with Crippen molar-refractivity contribution in [1.29, 1.82) is 0 Å². The van der Waals surface area contributed by atoms with Crippen LogP contribution in [0.2, 0.25) is 10.0 Å². The number of anilines is 4. The zero-order chi connectivity index (χ0) is 32.1. The molecule has 3 aromatic carbocycles. The van der Waals surface area contributed by atoms with E-state index in [-0.39, 0.29) is 16.3 Å². The highest BCUT2D eigenvalue weighted by Crippen LogP contribution is 2.31. The van der Waals surface area contributed by atoms with Crippen LogP contribution in [-0.4, -0.2) is 32.2 Å². The zero-order valence-corrected chi connectivity index (χ0v) is 25.6. The Bertz CT molecular complexity index is 1840. The highest BCUT2D eigenvalue weighted by atomic mass is 35.5. The number of carbonyl (C=O) groups is 2. The summed E-state index contributed by atoms with van der Waals surface area (Å²) in [5, 5.41) is 33.6. The second-order valence-corrected chi connectivity index (χ2v) is 11.3. The fourth-order valence-electron chi connectivity index (χ4n) is 3.96. The van der Waals surface area contributed by atoms with Crippen LogP contribution in [-0.2, 0) is 4.79 Å². The van der Waals surface area contributed by atoms with Gasteiger partial charge in [0.25, 0.3) is 11.6 Å². The lowest BCUT2D eigenvalue weighted by Gasteiger charge is -2.11. The monoisotopic (exact) mass is 655 g/mol. The molecule has 226 valence electrons. The quantitative estimate of drug-likeness (QED) is 0.0633. The van der Waals surface area contributed by atoms with E-state index in [1.54, 1.807) is 44.2 Å². The first kappa shape index (κ1) is 32.0. The third-order valence-electron chi connectivity index (χ3n) is 6.14. The number of halogens is 2. The normalized spacial score (nSPS) is 11.2. The topological polar surface area (TPSA) is 182 Å². The van der Waals surface area contributed by atoms with E-state index < -0.39 is 39.3 Å². The third-order valence-corrected chi connectivity index (χ3v) is 7.99. The summed E-state index contributed by atoms with van der Waals surface area (Å²) in [6.45, 7) is 5.33. The number of hydrogen-bond donors (Lipinski definition) is 3. The molecule has 1 heterocycles. The number of nitro benzene ring substituents is 2. The predicted octanol–water partition coefficient (Wildman–Crippen LogP) is 7.61. The van der Waals surface area contributed by atoms with Crippen molar-refractivity contribution in [3.8, 4) is 0 Å². The van der Waals surface area contributed by atoms with Crippen LogP contribution in [0, 0.1) is 41.0 Å². The average molecular weight is 657 g/mol. The van der Waals surface area contributed by atoms with Crippen LogP contribution in [0.3, 0.4) is 0 Å². The molecule has 0 unspecified atom stereocenters. The maximum absolute atomic E-state index is 13.4. The minimum absolute atomic E-state index is 0.216. The Morgan fingerprint density at radius 3 is 2.32 bits per heavy atom. The van der Waals surface area contributed by atoms with E-state index in [1.807, 2.05) is 13.0 Å². The van der Waals surface area contributed by atoms with E-state index in [1.165, 1.54) is 0 Å². The van der Waals surface area contributed by atoms with Gasteiger partial charge in [0.2, 0.25) is 0 Å². The summed E-state index contributed by atoms with van der Waals surface area (Å²) in [7, 11) is 0. The van der Waals surface area contributed by atoms with Crippen molar-refractivity contribution in [1.82, 2.24) is 4.98 Å². The smallest absolute Gasteiger partial charge is 0.301 e. The molecule has 16 heteroatoms. The molecule has 0 aliphatic carbocycles. The van der Waals surface area contributed by atoms with E-state index in [9.17, 15) is 29.8 Å². The third kappa shape index (κ3) is 7.72. The van der Waals surface area contributed by atoms with Gasteiger partial charge in [-0.25, -0.2) is 4.98 Å². The maximum atomic E-state index is 13.4. The molecule has 0 aliphatic rings. The first-order chi connectivity index (χ1) is 20.8. The lowest BCUT2D eigenvalue weighted by Crippen LogP contribution is -2.27. The predicted molar refractivity (Wildman–Crippen MR) is 171 cm³/mol. The molecule has 44 heavy (non-hydrogen) atoms. The number of nitrogens with zero attached hydrogens (tertiary/aromatic N) is 4. The summed E-state index contributed by atoms with van der Waals surface area (Å²) in [6.07, 6.45) is -0.500. The summed E-state index contributed by atoms with van der Waals surface area (Å²) < 4.78 is 0. The van der Waals surface area contributed by atoms with Crippen molar-refractivity contribution >= 4 is 85.5 Å². The van der Waals surface area contributed by atoms with Gasteiger partial charge in [-0.1, -0.05) is 52.2 Å². The van der Waals surface area contributed by atoms with Gasteiger partial charge >= 0.3 is 5.69 Å². The summed E-state index contributed by atoms with van der Waals surface area (Å²) in [5.74, 6) is -1.23. The number of aryl methyl sites for hydroxylation is 3. The summed E-state index contributed by atoms with van der Waals surface area (Å²) in [4.78, 5) is 52.6. The fraction of sp³-hybridized carbons (Fsp3) is 0.143. The highest BCUT2D eigenvalue weighted by Gasteiger charge is 2.24. The van der Waals surface area contributed by atoms with E-state index in [2.05, 4.69) is 26.1 Å². The van der Waals surface area contributed by atoms with Crippen LogP contribution >= 0.6 is 34.5 Å². The first-order valence-corrected chi connectivity index (χ1v) is 14.3. The Morgan fingerprint density at radius 1 is 0.932 bits per heavy atom. The van der Waals surface area contributed by atoms with Crippen molar-refractivity contribution in [3.05, 3.63) is 107 Å². The number of amides is 1. The summed E-state index contributed by atoms with van der Waals surface area (Å²) >= 11 is 13.1. The van der Waals surface area contributed by atoms with Gasteiger partial charge in [0.15, 0.2) is 10.9 Å². The molecule has 4 aromatic rings. The number of rotatable bonds is 11. The minimum Gasteiger partial charge on any atom is -0.331 e. The molecule has 0 saturated carbocycles. The molecule has 0 fully saturated rings. The Kier molecular flexibility index (Phi) is 9.88. The minimum atomic E-state index is -0.825. The summed E-state index contributed by atoms with van der Waals surface area (Å²) in [5.41, 5.74) is 3.99. The van der Waals surface area contributed by atoms with Crippen LogP contribution in [0.5, 0.6) is 0 Å². The van der Waals surface area contributed by atoms with Crippen molar-refractivity contribution in [3.63, 3.8) is 0 Å². The lowest BCUT2D eigenvalue weighted by atomic mass is 10.1. The number of nitrogens with one attached hydrogen (secondary N) is 3. The number of aromatic nitrogens is 1. The Balaban J connectivity index is 1.64. The van der Waals surface area contributed by atoms with Gasteiger partial charge in [-0.3, -0.25) is 35.2 Å². The van der Waals surface area contributed by atoms with Crippen LogP contribution in [0.4, 0.5) is 33.6 Å². The number of nitro groups is 2. The van der Waals surface area contributed by atoms with Gasteiger partial charge in [-0.2, -0.15) is 5.10 Å². The molecular formula is C28H23Cl2N7O6S. The highest BCUT2D eigenvalue weighted by molar-refractivity contribution is 7.17. The number of hydrazone groups is 1. The number of benzene rings is 3. The molecule has 0 bridgehead atoms. The molecule has 0 spiro atoms. The molecule has 1 aromatic heterocycles. The summed E-state index contributed by atoms with van der Waals surface area (Å²) in [6, 6.07) is 13.2. The molecule has 0 saturated heterocycles. The van der Waals surface area contributed by atoms with Crippen LogP contribution in [0.15, 0.2) is 59.7 Å². The van der Waals surface area contributed by atoms with Crippen LogP contribution in [0.25, 0.3) is 0 Å². The van der Waals surface area contributed by atoms with E-state index in [4.69, 9.17) is 23.2 Å². The van der Waals surface area contributed by atoms with Crippen molar-refractivity contribution in [2.24, 2.45) is 5.10 Å². The lowest BCUT2D eigenvalue weighted by molar-refractivity contribution is -0.393. The van der Waals surface area contributed by atoms with Gasteiger partial charge in [0.05, 0.1) is 43.0 Å². The molecule has 1 amide bonds. The fourth-order valence-corrected chi connectivity index (χ4v) is 5.19. The number of non-ortho nitro benzene ring substituents is 1. The average Bonchev–Trinajstić information content (AvgIpc) is 3.33. The Labute approximate surface area is 264 Å².